The van der Waals surface area contributed by atoms with Crippen LogP contribution < -0.4 is 35.9 Å². The summed E-state index contributed by atoms with van der Waals surface area (Å²) in [6.45, 7) is 3.00. The fourth-order valence-corrected chi connectivity index (χ4v) is 7.55. The molecule has 5 heterocycles. The van der Waals surface area contributed by atoms with Crippen molar-refractivity contribution in [2.24, 2.45) is 5.73 Å². The van der Waals surface area contributed by atoms with E-state index in [0.717, 1.165) is 85.1 Å². The van der Waals surface area contributed by atoms with Gasteiger partial charge >= 0.3 is 11.9 Å². The number of nitrogens with two attached hydrogens (primary N) is 1. The molecule has 15 heteroatoms. The Kier molecular flexibility index (Phi) is 15.7. The number of hydrogen-bond acceptors (Lipinski definition) is 13. The van der Waals surface area contributed by atoms with Crippen molar-refractivity contribution in [1.82, 2.24) is 15.3 Å². The van der Waals surface area contributed by atoms with Crippen LogP contribution in [0, 0.1) is 0 Å². The molecule has 5 aromatic rings. The van der Waals surface area contributed by atoms with Gasteiger partial charge in [0.25, 0.3) is 5.91 Å². The fourth-order valence-electron chi connectivity index (χ4n) is 6.78. The third kappa shape index (κ3) is 12.4. The highest BCUT2D eigenvalue weighted by Crippen LogP contribution is 2.24. The van der Waals surface area contributed by atoms with Gasteiger partial charge in [-0.15, -0.1) is 11.3 Å². The van der Waals surface area contributed by atoms with Crippen LogP contribution in [0.3, 0.4) is 0 Å². The lowest BCUT2D eigenvalue weighted by Crippen LogP contribution is -2.42. The summed E-state index contributed by atoms with van der Waals surface area (Å²) in [6, 6.07) is 21.5. The van der Waals surface area contributed by atoms with E-state index in [4.69, 9.17) is 19.9 Å². The highest BCUT2D eigenvalue weighted by atomic mass is 32.1. The molecule has 60 heavy (non-hydrogen) atoms. The maximum atomic E-state index is 12.5. The van der Waals surface area contributed by atoms with Crippen LogP contribution in [0.2, 0.25) is 0 Å². The molecule has 0 fully saturated rings. The number of aryl methyl sites for hydroxylation is 2. The van der Waals surface area contributed by atoms with Gasteiger partial charge in [0.1, 0.15) is 41.0 Å². The van der Waals surface area contributed by atoms with Crippen LogP contribution in [0.15, 0.2) is 83.6 Å². The van der Waals surface area contributed by atoms with Gasteiger partial charge < -0.3 is 45.7 Å². The zero-order valence-electron chi connectivity index (χ0n) is 33.9. The van der Waals surface area contributed by atoms with Crippen molar-refractivity contribution >= 4 is 40.8 Å². The number of fused-ring (bicyclic) bond motifs is 2. The summed E-state index contributed by atoms with van der Waals surface area (Å²) in [5, 5.41) is 22.2. The van der Waals surface area contributed by atoms with Crippen molar-refractivity contribution in [1.29, 1.82) is 0 Å². The van der Waals surface area contributed by atoms with Gasteiger partial charge in [-0.05, 0) is 90.8 Å². The predicted molar refractivity (Wildman–Crippen MR) is 231 cm³/mol. The first kappa shape index (κ1) is 43.4. The number of carboxylic acid groups (broad SMARTS) is 1. The zero-order chi connectivity index (χ0) is 42.3. The number of carbonyl (C=O) groups excluding carboxylic acids is 2. The van der Waals surface area contributed by atoms with E-state index in [2.05, 4.69) is 48.9 Å². The topological polar surface area (TPSA) is 196 Å². The number of esters is 1. The van der Waals surface area contributed by atoms with Gasteiger partial charge in [-0.25, -0.2) is 14.8 Å². The summed E-state index contributed by atoms with van der Waals surface area (Å²) >= 11 is 1.32. The number of rotatable bonds is 17. The quantitative estimate of drug-likeness (QED) is 0.0721. The average Bonchev–Trinajstić information content (AvgIpc) is 3.77. The monoisotopic (exact) mass is 836 g/mol. The van der Waals surface area contributed by atoms with Gasteiger partial charge in [-0.1, -0.05) is 36.4 Å². The van der Waals surface area contributed by atoms with E-state index in [1.807, 2.05) is 42.5 Å². The number of carbonyl (C=O) groups is 3. The molecule has 3 aromatic heterocycles. The minimum atomic E-state index is -1.10. The van der Waals surface area contributed by atoms with Gasteiger partial charge in [0.15, 0.2) is 0 Å². The number of aliphatic carboxylic acids is 1. The first-order chi connectivity index (χ1) is 29.2. The Hall–Kier alpha value is -6.19. The Morgan fingerprint density at radius 1 is 0.767 bits per heavy atom. The fraction of sp³-hybridized carbons (Fsp3) is 0.356. The van der Waals surface area contributed by atoms with E-state index in [1.165, 1.54) is 36.7 Å². The maximum absolute atomic E-state index is 12.5. The number of methoxy groups -OCH3 is 2. The van der Waals surface area contributed by atoms with Gasteiger partial charge in [0.2, 0.25) is 0 Å². The van der Waals surface area contributed by atoms with Crippen molar-refractivity contribution in [2.75, 3.05) is 51.2 Å². The summed E-state index contributed by atoms with van der Waals surface area (Å²) in [7, 11) is 2.81. The molecule has 2 atom stereocenters. The molecular formula is C45H52N6O8S. The molecule has 2 aromatic carbocycles. The van der Waals surface area contributed by atoms with Crippen molar-refractivity contribution in [3.63, 3.8) is 0 Å². The predicted octanol–water partition coefficient (Wildman–Crippen LogP) is 5.66. The number of nitrogens with zero attached hydrogens (tertiary/aromatic N) is 2. The standard InChI is InChI=1S/C25H27N3O5S.C20H25N3O3/c1-32-22-15-34-14-20(22)24(29)28-21(25(30)31)13-16-4-8-19(9-5-16)33-12-10-18-7-6-17-3-2-11-26-23(17)27-18;1-25-20(24)18(21)13-14-4-8-17(9-5-14)26-12-10-16-7-6-15-3-2-11-22-19(15)23-16/h4-9,14-15,21H,2-3,10-13H2,1H3,(H,26,27)(H,28,29)(H,30,31);4-9,18H,2-3,10-13,21H2,1H3,(H,22,23)/t21-;18-/m00/s1. The van der Waals surface area contributed by atoms with Crippen molar-refractivity contribution < 1.29 is 38.4 Å². The normalized spacial score (nSPS) is 13.7. The molecule has 14 nitrogen and oxygen atoms in total. The van der Waals surface area contributed by atoms with Crippen molar-refractivity contribution in [2.45, 2.75) is 63.5 Å². The average molecular weight is 837 g/mol. The molecule has 0 spiro atoms. The Labute approximate surface area is 353 Å². The van der Waals surface area contributed by atoms with Gasteiger partial charge in [0.05, 0.1) is 33.0 Å². The number of nitrogens with one attached hydrogen (secondary N) is 3. The number of ether oxygens (including phenoxy) is 4. The molecule has 316 valence electrons. The lowest BCUT2D eigenvalue weighted by molar-refractivity contribution is -0.142. The summed E-state index contributed by atoms with van der Waals surface area (Å²) < 4.78 is 21.4. The second kappa shape index (κ2) is 21.7. The molecule has 6 N–H and O–H groups in total. The number of thiophene rings is 1. The summed E-state index contributed by atoms with van der Waals surface area (Å²) in [5.74, 6) is 1.92. The molecule has 0 aliphatic carbocycles. The molecular weight excluding hydrogens is 785 g/mol. The minimum absolute atomic E-state index is 0.153. The molecule has 0 bridgehead atoms. The Bertz CT molecular complexity index is 2200. The van der Waals surface area contributed by atoms with Crippen molar-refractivity contribution in [3.05, 3.63) is 123 Å². The third-order valence-electron chi connectivity index (χ3n) is 10.1. The smallest absolute Gasteiger partial charge is 0.326 e. The van der Waals surface area contributed by atoms with E-state index in [0.29, 0.717) is 43.1 Å². The van der Waals surface area contributed by atoms with Crippen LogP contribution in [0.5, 0.6) is 17.2 Å². The van der Waals surface area contributed by atoms with Crippen LogP contribution in [0.1, 0.15) is 56.8 Å². The van der Waals surface area contributed by atoms with E-state index in [-0.39, 0.29) is 6.42 Å². The largest absolute Gasteiger partial charge is 0.495 e. The SMILES string of the molecule is COC(=O)[C@@H](N)Cc1ccc(OCCc2ccc3c(n2)NCCC3)cc1.COc1cscc1C(=O)N[C@@H](Cc1ccc(OCCc2ccc3c(n2)NCCC3)cc1)C(=O)O. The molecule has 1 amide bonds. The first-order valence-electron chi connectivity index (χ1n) is 20.0. The van der Waals surface area contributed by atoms with Crippen LogP contribution in [-0.4, -0.2) is 85.5 Å². The minimum Gasteiger partial charge on any atom is -0.495 e. The Balaban J connectivity index is 0.000000209. The van der Waals surface area contributed by atoms with Crippen LogP contribution in [-0.2, 0) is 52.9 Å². The second-order valence-electron chi connectivity index (χ2n) is 14.4. The molecule has 0 unspecified atom stereocenters. The lowest BCUT2D eigenvalue weighted by atomic mass is 10.1. The third-order valence-corrected chi connectivity index (χ3v) is 10.8. The Morgan fingerprint density at radius 2 is 1.30 bits per heavy atom. The summed E-state index contributed by atoms with van der Waals surface area (Å²) in [5.41, 5.74) is 12.4. The molecule has 0 saturated carbocycles. The van der Waals surface area contributed by atoms with E-state index in [1.54, 1.807) is 22.9 Å². The molecule has 2 aliphatic rings. The number of carboxylic acids is 1. The number of anilines is 2. The lowest BCUT2D eigenvalue weighted by Gasteiger charge is -2.17. The van der Waals surface area contributed by atoms with Gasteiger partial charge in [-0.2, -0.15) is 0 Å². The Morgan fingerprint density at radius 3 is 1.80 bits per heavy atom. The summed E-state index contributed by atoms with van der Waals surface area (Å²) in [6.07, 6.45) is 6.50. The maximum Gasteiger partial charge on any atom is 0.326 e. The first-order valence-corrected chi connectivity index (χ1v) is 21.0. The van der Waals surface area contributed by atoms with E-state index >= 15 is 0 Å². The second-order valence-corrected chi connectivity index (χ2v) is 15.2. The highest BCUT2D eigenvalue weighted by molar-refractivity contribution is 7.08. The zero-order valence-corrected chi connectivity index (χ0v) is 34.7. The number of pyridine rings is 2. The molecule has 0 saturated heterocycles. The number of amides is 1. The van der Waals surface area contributed by atoms with Gasteiger partial charge in [-0.3, -0.25) is 9.59 Å². The van der Waals surface area contributed by atoms with Crippen molar-refractivity contribution in [3.8, 4) is 17.2 Å². The number of hydrogen-bond donors (Lipinski definition) is 5. The van der Waals surface area contributed by atoms with E-state index < -0.39 is 29.9 Å². The van der Waals surface area contributed by atoms with Crippen LogP contribution in [0.25, 0.3) is 0 Å². The van der Waals surface area contributed by atoms with Crippen LogP contribution >= 0.6 is 11.3 Å². The van der Waals surface area contributed by atoms with E-state index in [9.17, 15) is 19.5 Å². The highest BCUT2D eigenvalue weighted by Gasteiger charge is 2.23. The molecule has 2 aliphatic heterocycles. The molecule has 7 rings (SSSR count). The molecule has 0 radical (unpaired) electrons. The number of benzene rings is 2. The van der Waals surface area contributed by atoms with Gasteiger partial charge in [0, 0.05) is 54.5 Å². The summed E-state index contributed by atoms with van der Waals surface area (Å²) in [4.78, 5) is 44.9. The van der Waals surface area contributed by atoms with Crippen LogP contribution in [0.4, 0.5) is 11.6 Å². The number of aromatic nitrogens is 2.